The fourth-order valence-electron chi connectivity index (χ4n) is 5.19. The molecule has 3 aromatic carbocycles. The maximum Gasteiger partial charge on any atom is 0.159 e. The summed E-state index contributed by atoms with van der Waals surface area (Å²) >= 11 is 0. The lowest BCUT2D eigenvalue weighted by atomic mass is 9.93. The maximum absolute atomic E-state index is 13.5. The van der Waals surface area contributed by atoms with Gasteiger partial charge in [0.05, 0.1) is 0 Å². The molecule has 0 atom stereocenters. The first kappa shape index (κ1) is 24.6. The van der Waals surface area contributed by atoms with Crippen molar-refractivity contribution in [2.45, 2.75) is 63.6 Å². The molecule has 4 rings (SSSR count). The van der Waals surface area contributed by atoms with E-state index in [2.05, 4.69) is 43.3 Å². The van der Waals surface area contributed by atoms with Gasteiger partial charge in [-0.15, -0.1) is 0 Å². The molecule has 0 radical (unpaired) electrons. The van der Waals surface area contributed by atoms with Gasteiger partial charge in [0.25, 0.3) is 0 Å². The number of hydrogen-bond donors (Lipinski definition) is 0. The van der Waals surface area contributed by atoms with Gasteiger partial charge in [0.2, 0.25) is 0 Å². The molecule has 0 amide bonds. The van der Waals surface area contributed by atoms with E-state index in [9.17, 15) is 8.78 Å². The van der Waals surface area contributed by atoms with Crippen LogP contribution in [0.15, 0.2) is 78.9 Å². The third kappa shape index (κ3) is 6.76. The van der Waals surface area contributed by atoms with E-state index < -0.39 is 20.4 Å². The second kappa shape index (κ2) is 12.3. The van der Waals surface area contributed by atoms with Crippen LogP contribution in [0.3, 0.4) is 0 Å². The number of rotatable bonds is 9. The van der Waals surface area contributed by atoms with Crippen LogP contribution in [0.5, 0.6) is 0 Å². The van der Waals surface area contributed by atoms with Gasteiger partial charge < -0.3 is 0 Å². The van der Waals surface area contributed by atoms with Crippen LogP contribution >= 0.6 is 0 Å². The molecule has 1 aliphatic rings. The number of allylic oxidation sites excluding steroid dienone is 2. The number of hydrogen-bond acceptors (Lipinski definition) is 0. The van der Waals surface area contributed by atoms with E-state index in [1.807, 2.05) is 24.3 Å². The van der Waals surface area contributed by atoms with Gasteiger partial charge >= 0.3 is 0 Å². The molecule has 1 fully saturated rings. The monoisotopic (exact) mass is 474 g/mol. The summed E-state index contributed by atoms with van der Waals surface area (Å²) < 4.78 is 26.7. The molecule has 0 spiro atoms. The van der Waals surface area contributed by atoms with Crippen molar-refractivity contribution >= 4 is 8.80 Å². The Bertz CT molecular complexity index is 1060. The molecule has 0 nitrogen and oxygen atoms in total. The summed E-state index contributed by atoms with van der Waals surface area (Å²) in [4.78, 5) is 0. The third-order valence-corrected chi connectivity index (χ3v) is 10.8. The number of aryl methyl sites for hydroxylation is 1. The zero-order chi connectivity index (χ0) is 23.8. The SMILES string of the molecule is CCC=CCC[Si@H]1CC[C@H](CCc2ccc(-c3ccc(-c4ccc(F)c(F)c4)cc3)cc2)CC1. The smallest absolute Gasteiger partial charge is 0.159 e. The summed E-state index contributed by atoms with van der Waals surface area (Å²) in [5.74, 6) is -0.712. The van der Waals surface area contributed by atoms with Crippen molar-refractivity contribution in [2.24, 2.45) is 5.92 Å². The Labute approximate surface area is 205 Å². The minimum atomic E-state index is -0.814. The van der Waals surface area contributed by atoms with Gasteiger partial charge in [-0.25, -0.2) is 8.78 Å². The summed E-state index contributed by atoms with van der Waals surface area (Å²) in [6, 6.07) is 25.6. The van der Waals surface area contributed by atoms with Crippen molar-refractivity contribution < 1.29 is 8.78 Å². The van der Waals surface area contributed by atoms with E-state index in [0.717, 1.165) is 17.0 Å². The molecule has 3 aromatic rings. The predicted molar refractivity (Wildman–Crippen MR) is 144 cm³/mol. The maximum atomic E-state index is 13.5. The minimum Gasteiger partial charge on any atom is -0.204 e. The fourth-order valence-corrected chi connectivity index (χ4v) is 8.61. The Morgan fingerprint density at radius 3 is 1.97 bits per heavy atom. The Hall–Kier alpha value is -2.52. The Morgan fingerprint density at radius 2 is 1.35 bits per heavy atom. The Morgan fingerprint density at radius 1 is 0.765 bits per heavy atom. The van der Waals surface area contributed by atoms with Crippen LogP contribution in [0, 0.1) is 17.6 Å². The van der Waals surface area contributed by atoms with E-state index in [1.165, 1.54) is 67.8 Å². The van der Waals surface area contributed by atoms with Crippen molar-refractivity contribution in [1.82, 2.24) is 0 Å². The zero-order valence-electron chi connectivity index (χ0n) is 20.3. The van der Waals surface area contributed by atoms with Crippen LogP contribution in [-0.4, -0.2) is 8.80 Å². The highest BCUT2D eigenvalue weighted by atomic mass is 28.3. The highest BCUT2D eigenvalue weighted by Gasteiger charge is 2.21. The Balaban J connectivity index is 1.26. The lowest BCUT2D eigenvalue weighted by molar-refractivity contribution is 0.437. The lowest BCUT2D eigenvalue weighted by Crippen LogP contribution is -2.21. The van der Waals surface area contributed by atoms with Crippen LogP contribution in [-0.2, 0) is 6.42 Å². The second-order valence-corrected chi connectivity index (χ2v) is 13.2. The fraction of sp³-hybridized carbons (Fsp3) is 0.355. The number of benzene rings is 3. The molecular formula is C31H36F2Si. The first-order chi connectivity index (χ1) is 16.6. The van der Waals surface area contributed by atoms with E-state index in [1.54, 1.807) is 18.2 Å². The van der Waals surface area contributed by atoms with E-state index in [0.29, 0.717) is 5.56 Å². The second-order valence-electron chi connectivity index (χ2n) is 9.79. The first-order valence-electron chi connectivity index (χ1n) is 12.9. The van der Waals surface area contributed by atoms with Crippen molar-refractivity contribution in [3.05, 3.63) is 96.1 Å². The molecule has 0 aliphatic carbocycles. The molecule has 0 saturated carbocycles. The molecule has 1 aliphatic heterocycles. The van der Waals surface area contributed by atoms with Gasteiger partial charge in [0, 0.05) is 8.80 Å². The van der Waals surface area contributed by atoms with Gasteiger partial charge in [-0.05, 0) is 71.6 Å². The van der Waals surface area contributed by atoms with Crippen molar-refractivity contribution in [3.8, 4) is 22.3 Å². The first-order valence-corrected chi connectivity index (χ1v) is 15.4. The quantitative estimate of drug-likeness (QED) is 0.214. The van der Waals surface area contributed by atoms with Gasteiger partial charge in [-0.3, -0.25) is 0 Å². The highest BCUT2D eigenvalue weighted by molar-refractivity contribution is 6.59. The predicted octanol–water partition coefficient (Wildman–Crippen LogP) is 9.22. The third-order valence-electron chi connectivity index (χ3n) is 7.38. The standard InChI is InChI=1S/C31H36F2Si/c1-2-3-4-5-20-34-21-18-25(19-22-34)7-6-24-8-10-26(11-9-24)27-12-14-28(15-13-27)29-16-17-30(32)31(33)23-29/h3-4,8-17,23,25,34H,2,5-7,18-22H2,1H3/t25-,34-. The lowest BCUT2D eigenvalue weighted by Gasteiger charge is -2.27. The largest absolute Gasteiger partial charge is 0.204 e. The highest BCUT2D eigenvalue weighted by Crippen LogP contribution is 2.31. The van der Waals surface area contributed by atoms with Crippen molar-refractivity contribution in [3.63, 3.8) is 0 Å². The topological polar surface area (TPSA) is 0 Å². The summed E-state index contributed by atoms with van der Waals surface area (Å²) in [6.07, 6.45) is 12.6. The zero-order valence-corrected chi connectivity index (χ0v) is 21.4. The molecular weight excluding hydrogens is 438 g/mol. The minimum absolute atomic E-state index is 0.463. The van der Waals surface area contributed by atoms with Crippen molar-refractivity contribution in [2.75, 3.05) is 0 Å². The van der Waals surface area contributed by atoms with Gasteiger partial charge in [-0.2, -0.15) is 0 Å². The molecule has 0 unspecified atom stereocenters. The summed E-state index contributed by atoms with van der Waals surface area (Å²) in [6.45, 7) is 2.21. The van der Waals surface area contributed by atoms with Crippen LogP contribution in [0.4, 0.5) is 8.78 Å². The summed E-state index contributed by atoms with van der Waals surface area (Å²) in [5, 5.41) is 0. The average molecular weight is 475 g/mol. The average Bonchev–Trinajstić information content (AvgIpc) is 2.88. The summed E-state index contributed by atoms with van der Waals surface area (Å²) in [5.41, 5.74) is 5.31. The normalized spacial score (nSPS) is 18.4. The van der Waals surface area contributed by atoms with E-state index in [4.69, 9.17) is 0 Å². The van der Waals surface area contributed by atoms with E-state index in [-0.39, 0.29) is 0 Å². The number of halogens is 2. The van der Waals surface area contributed by atoms with Crippen molar-refractivity contribution in [1.29, 1.82) is 0 Å². The summed E-state index contributed by atoms with van der Waals surface area (Å²) in [7, 11) is -0.463. The molecule has 0 bridgehead atoms. The van der Waals surface area contributed by atoms with Gasteiger partial charge in [0.1, 0.15) is 0 Å². The molecule has 3 heteroatoms. The Kier molecular flexibility index (Phi) is 8.87. The van der Waals surface area contributed by atoms with E-state index >= 15 is 0 Å². The van der Waals surface area contributed by atoms with Crippen LogP contribution in [0.25, 0.3) is 22.3 Å². The molecule has 1 heterocycles. The van der Waals surface area contributed by atoms with Crippen LogP contribution in [0.1, 0.15) is 44.6 Å². The van der Waals surface area contributed by atoms with Crippen LogP contribution < -0.4 is 0 Å². The van der Waals surface area contributed by atoms with Crippen LogP contribution in [0.2, 0.25) is 18.1 Å². The molecule has 0 aromatic heterocycles. The molecule has 178 valence electrons. The van der Waals surface area contributed by atoms with Gasteiger partial charge in [-0.1, -0.05) is 105 Å². The molecule has 0 N–H and O–H groups in total. The van der Waals surface area contributed by atoms with Gasteiger partial charge in [0.15, 0.2) is 11.6 Å². The molecule has 34 heavy (non-hydrogen) atoms. The molecule has 1 saturated heterocycles.